The van der Waals surface area contributed by atoms with Crippen molar-refractivity contribution in [3.05, 3.63) is 96.8 Å². The van der Waals surface area contributed by atoms with E-state index in [0.717, 1.165) is 44.3 Å². The van der Waals surface area contributed by atoms with Gasteiger partial charge in [0, 0.05) is 28.7 Å². The Bertz CT molecular complexity index is 1780. The van der Waals surface area contributed by atoms with Crippen LogP contribution in [-0.4, -0.2) is 22.5 Å². The quantitative estimate of drug-likeness (QED) is 0.237. The number of carbonyl (C=O) groups excluding carboxylic acids is 1. The number of aromatic nitrogens is 2. The number of H-pyrrole nitrogens is 1. The molecular weight excluding hydrogens is 462 g/mol. The molecule has 6 heteroatoms. The second-order valence-electron chi connectivity index (χ2n) is 8.91. The Balaban J connectivity index is 1.37. The topological polar surface area (TPSA) is 80.2 Å². The molecule has 2 aromatic heterocycles. The van der Waals surface area contributed by atoms with Crippen molar-refractivity contribution in [3.63, 3.8) is 0 Å². The highest BCUT2D eigenvalue weighted by atomic mass is 16.5. The third kappa shape index (κ3) is 4.34. The van der Waals surface area contributed by atoms with Crippen molar-refractivity contribution in [1.82, 2.24) is 9.97 Å². The predicted molar refractivity (Wildman–Crippen MR) is 149 cm³/mol. The van der Waals surface area contributed by atoms with Gasteiger partial charge in [0.2, 0.25) is 5.95 Å². The molecule has 37 heavy (non-hydrogen) atoms. The van der Waals surface area contributed by atoms with Crippen molar-refractivity contribution >= 4 is 50.2 Å². The second kappa shape index (κ2) is 9.32. The third-order valence-corrected chi connectivity index (χ3v) is 6.44. The van der Waals surface area contributed by atoms with Crippen LogP contribution in [-0.2, 0) is 4.79 Å². The zero-order valence-electron chi connectivity index (χ0n) is 20.5. The number of nitrogens with zero attached hydrogens (tertiary/aromatic N) is 1. The summed E-state index contributed by atoms with van der Waals surface area (Å²) in [5, 5.41) is 6.14. The number of imidazole rings is 1. The monoisotopic (exact) mass is 487 g/mol. The maximum Gasteiger partial charge on any atom is 0.250 e. The van der Waals surface area contributed by atoms with E-state index in [0.29, 0.717) is 18.3 Å². The summed E-state index contributed by atoms with van der Waals surface area (Å²) in [7, 11) is 0. The van der Waals surface area contributed by atoms with Crippen LogP contribution in [0.3, 0.4) is 0 Å². The minimum absolute atomic E-state index is 0.277. The number of furan rings is 1. The number of para-hydroxylation sites is 2. The highest BCUT2D eigenvalue weighted by Gasteiger charge is 2.16. The van der Waals surface area contributed by atoms with E-state index in [4.69, 9.17) is 9.15 Å². The van der Waals surface area contributed by atoms with Crippen molar-refractivity contribution in [2.24, 2.45) is 0 Å². The summed E-state index contributed by atoms with van der Waals surface area (Å²) < 4.78 is 11.9. The molecular formula is C31H25N3O3. The lowest BCUT2D eigenvalue weighted by Crippen LogP contribution is -2.10. The standard InChI is InChI=1S/C31H25N3O3/c1-3-36-28-17-29-24(25(18-37-29)22-13-12-20-8-4-5-9-21(20)15-22)16-23(28)19(2)14-30(35)34-31-32-26-10-6-7-11-27(26)33-31/h4-18H,3H2,1-2H3,(H2,32,33,34,35)/b19-14+. The Morgan fingerprint density at radius 1 is 1.03 bits per heavy atom. The number of carbonyl (C=O) groups is 1. The minimum atomic E-state index is -0.277. The van der Waals surface area contributed by atoms with E-state index in [1.54, 1.807) is 12.3 Å². The van der Waals surface area contributed by atoms with E-state index >= 15 is 0 Å². The van der Waals surface area contributed by atoms with Crippen LogP contribution in [0.25, 0.3) is 49.5 Å². The van der Waals surface area contributed by atoms with E-state index in [-0.39, 0.29) is 5.91 Å². The fraction of sp³-hybridized carbons (Fsp3) is 0.0968. The van der Waals surface area contributed by atoms with Crippen LogP contribution < -0.4 is 10.1 Å². The number of benzene rings is 4. The SMILES string of the molecule is CCOc1cc2occ(-c3ccc4ccccc4c3)c2cc1/C(C)=C/C(=O)Nc1nc2ccccc2[nH]1. The number of hydrogen-bond donors (Lipinski definition) is 2. The summed E-state index contributed by atoms with van der Waals surface area (Å²) in [5.41, 5.74) is 6.05. The van der Waals surface area contributed by atoms with Gasteiger partial charge in [-0.3, -0.25) is 10.1 Å². The molecule has 2 N–H and O–H groups in total. The molecule has 0 aliphatic rings. The molecule has 0 spiro atoms. The molecule has 6 rings (SSSR count). The third-order valence-electron chi connectivity index (χ3n) is 6.44. The molecule has 0 bridgehead atoms. The molecule has 0 unspecified atom stereocenters. The molecule has 2 heterocycles. The lowest BCUT2D eigenvalue weighted by Gasteiger charge is -2.12. The van der Waals surface area contributed by atoms with E-state index in [2.05, 4.69) is 45.6 Å². The Kier molecular flexibility index (Phi) is 5.69. The zero-order chi connectivity index (χ0) is 25.4. The number of amides is 1. The first-order valence-electron chi connectivity index (χ1n) is 12.2. The molecule has 1 amide bonds. The van der Waals surface area contributed by atoms with Gasteiger partial charge in [-0.2, -0.15) is 0 Å². The summed E-state index contributed by atoms with van der Waals surface area (Å²) >= 11 is 0. The molecule has 0 saturated heterocycles. The fourth-order valence-electron chi connectivity index (χ4n) is 4.66. The van der Waals surface area contributed by atoms with Crippen LogP contribution in [0.1, 0.15) is 19.4 Å². The summed E-state index contributed by atoms with van der Waals surface area (Å²) in [6.07, 6.45) is 3.34. The largest absolute Gasteiger partial charge is 0.493 e. The Morgan fingerprint density at radius 2 is 1.84 bits per heavy atom. The lowest BCUT2D eigenvalue weighted by atomic mass is 9.97. The summed E-state index contributed by atoms with van der Waals surface area (Å²) in [5.74, 6) is 0.796. The first-order valence-corrected chi connectivity index (χ1v) is 12.2. The summed E-state index contributed by atoms with van der Waals surface area (Å²) in [4.78, 5) is 20.4. The maximum absolute atomic E-state index is 12.9. The van der Waals surface area contributed by atoms with Gasteiger partial charge in [0.1, 0.15) is 11.3 Å². The fourth-order valence-corrected chi connectivity index (χ4v) is 4.66. The van der Waals surface area contributed by atoms with E-state index < -0.39 is 0 Å². The number of hydrogen-bond acceptors (Lipinski definition) is 4. The van der Waals surface area contributed by atoms with Crippen LogP contribution >= 0.6 is 0 Å². The molecule has 0 atom stereocenters. The number of rotatable bonds is 6. The predicted octanol–water partition coefficient (Wildman–Crippen LogP) is 7.57. The smallest absolute Gasteiger partial charge is 0.250 e. The number of anilines is 1. The van der Waals surface area contributed by atoms with Crippen molar-refractivity contribution in [2.75, 3.05) is 11.9 Å². The summed E-state index contributed by atoms with van der Waals surface area (Å²) in [6.45, 7) is 4.33. The van der Waals surface area contributed by atoms with Crippen molar-refractivity contribution in [3.8, 4) is 16.9 Å². The van der Waals surface area contributed by atoms with Gasteiger partial charge in [-0.15, -0.1) is 0 Å². The van der Waals surface area contributed by atoms with E-state index in [1.807, 2.05) is 62.4 Å². The normalized spacial score (nSPS) is 11.9. The first kappa shape index (κ1) is 22.6. The molecule has 182 valence electrons. The maximum atomic E-state index is 12.9. The highest BCUT2D eigenvalue weighted by Crippen LogP contribution is 2.38. The molecule has 0 aliphatic carbocycles. The Labute approximate surface area is 213 Å². The van der Waals surface area contributed by atoms with Crippen LogP contribution in [0.2, 0.25) is 0 Å². The van der Waals surface area contributed by atoms with E-state index in [9.17, 15) is 4.79 Å². The van der Waals surface area contributed by atoms with Crippen molar-refractivity contribution < 1.29 is 13.9 Å². The average molecular weight is 488 g/mol. The van der Waals surface area contributed by atoms with Crippen LogP contribution in [0.15, 0.2) is 95.6 Å². The highest BCUT2D eigenvalue weighted by molar-refractivity contribution is 6.05. The Hall–Kier alpha value is -4.84. The number of allylic oxidation sites excluding steroid dienone is 1. The van der Waals surface area contributed by atoms with Gasteiger partial charge >= 0.3 is 0 Å². The average Bonchev–Trinajstić information content (AvgIpc) is 3.51. The molecule has 0 aliphatic heterocycles. The van der Waals surface area contributed by atoms with Gasteiger partial charge in [-0.05, 0) is 60.0 Å². The lowest BCUT2D eigenvalue weighted by molar-refractivity contribution is -0.111. The molecule has 0 radical (unpaired) electrons. The van der Waals surface area contributed by atoms with Gasteiger partial charge < -0.3 is 14.1 Å². The summed E-state index contributed by atoms with van der Waals surface area (Å²) in [6, 6.07) is 26.2. The second-order valence-corrected chi connectivity index (χ2v) is 8.91. The molecule has 0 saturated carbocycles. The molecule has 4 aromatic carbocycles. The van der Waals surface area contributed by atoms with Gasteiger partial charge in [0.25, 0.3) is 5.91 Å². The van der Waals surface area contributed by atoms with Crippen molar-refractivity contribution in [2.45, 2.75) is 13.8 Å². The zero-order valence-corrected chi connectivity index (χ0v) is 20.5. The molecule has 6 nitrogen and oxygen atoms in total. The van der Waals surface area contributed by atoms with Gasteiger partial charge in [-0.1, -0.05) is 48.5 Å². The van der Waals surface area contributed by atoms with E-state index in [1.165, 1.54) is 10.8 Å². The van der Waals surface area contributed by atoms with Gasteiger partial charge in [0.15, 0.2) is 0 Å². The number of aromatic amines is 1. The van der Waals surface area contributed by atoms with Gasteiger partial charge in [-0.25, -0.2) is 4.98 Å². The van der Waals surface area contributed by atoms with Crippen molar-refractivity contribution in [1.29, 1.82) is 0 Å². The number of nitrogens with one attached hydrogen (secondary N) is 2. The Morgan fingerprint density at radius 3 is 2.68 bits per heavy atom. The first-order chi connectivity index (χ1) is 18.1. The minimum Gasteiger partial charge on any atom is -0.493 e. The molecule has 6 aromatic rings. The van der Waals surface area contributed by atoms with Gasteiger partial charge in [0.05, 0.1) is 23.9 Å². The number of fused-ring (bicyclic) bond motifs is 3. The number of ether oxygens (including phenoxy) is 1. The molecule has 0 fully saturated rings. The van der Waals surface area contributed by atoms with Crippen LogP contribution in [0, 0.1) is 0 Å². The van der Waals surface area contributed by atoms with Crippen LogP contribution in [0.5, 0.6) is 5.75 Å². The van der Waals surface area contributed by atoms with Crippen LogP contribution in [0.4, 0.5) is 5.95 Å².